The number of halogens is 1. The Labute approximate surface area is 134 Å². The summed E-state index contributed by atoms with van der Waals surface area (Å²) in [4.78, 5) is 0. The van der Waals surface area contributed by atoms with Crippen molar-refractivity contribution in [3.05, 3.63) is 57.1 Å². The molecule has 0 radical (unpaired) electrons. The molecule has 0 fully saturated rings. The Bertz CT molecular complexity index is 655. The van der Waals surface area contributed by atoms with Crippen LogP contribution in [0.3, 0.4) is 0 Å². The lowest BCUT2D eigenvalue weighted by molar-refractivity contribution is 0.385. The monoisotopic (exact) mass is 349 g/mol. The first kappa shape index (κ1) is 15.9. The van der Waals surface area contributed by atoms with Crippen molar-refractivity contribution in [2.45, 2.75) is 19.9 Å². The zero-order chi connectivity index (χ0) is 15.6. The molecule has 0 saturated heterocycles. The van der Waals surface area contributed by atoms with Gasteiger partial charge in [0, 0.05) is 5.56 Å². The van der Waals surface area contributed by atoms with Gasteiger partial charge in [0.2, 0.25) is 0 Å². The number of rotatable bonds is 4. The third-order valence-electron chi connectivity index (χ3n) is 3.74. The molecule has 0 spiro atoms. The molecule has 0 aliphatic rings. The van der Waals surface area contributed by atoms with Crippen molar-refractivity contribution in [3.8, 4) is 11.5 Å². The predicted molar refractivity (Wildman–Crippen MR) is 89.2 cm³/mol. The average Bonchev–Trinajstić information content (AvgIpc) is 2.49. The number of aryl methyl sites for hydroxylation is 2. The number of hydrogen-bond donors (Lipinski definition) is 1. The molecule has 1 unspecified atom stereocenters. The van der Waals surface area contributed by atoms with Gasteiger partial charge in [0.05, 0.1) is 20.3 Å². The Morgan fingerprint density at radius 2 is 1.71 bits per heavy atom. The van der Waals surface area contributed by atoms with E-state index < -0.39 is 0 Å². The highest BCUT2D eigenvalue weighted by Crippen LogP contribution is 2.40. The highest BCUT2D eigenvalue weighted by molar-refractivity contribution is 9.10. The molecule has 0 heterocycles. The molecule has 112 valence electrons. The lowest BCUT2D eigenvalue weighted by atomic mass is 9.95. The maximum absolute atomic E-state index is 6.43. The summed E-state index contributed by atoms with van der Waals surface area (Å²) in [5, 5.41) is 0. The van der Waals surface area contributed by atoms with E-state index in [0.29, 0.717) is 5.75 Å². The summed E-state index contributed by atoms with van der Waals surface area (Å²) in [6, 6.07) is 9.87. The molecular weight excluding hydrogens is 330 g/mol. The Morgan fingerprint density at radius 1 is 1.00 bits per heavy atom. The van der Waals surface area contributed by atoms with Gasteiger partial charge in [-0.05, 0) is 58.6 Å². The van der Waals surface area contributed by atoms with Gasteiger partial charge >= 0.3 is 0 Å². The first-order valence-electron chi connectivity index (χ1n) is 6.72. The van der Waals surface area contributed by atoms with E-state index in [4.69, 9.17) is 15.2 Å². The first-order chi connectivity index (χ1) is 9.99. The molecule has 0 aromatic heterocycles. The van der Waals surface area contributed by atoms with Gasteiger partial charge in [0.15, 0.2) is 0 Å². The van der Waals surface area contributed by atoms with E-state index in [1.54, 1.807) is 14.2 Å². The van der Waals surface area contributed by atoms with Crippen LogP contribution in [0.1, 0.15) is 28.3 Å². The molecule has 0 bridgehead atoms. The van der Waals surface area contributed by atoms with Crippen LogP contribution in [-0.4, -0.2) is 14.2 Å². The van der Waals surface area contributed by atoms with E-state index in [2.05, 4.69) is 48.0 Å². The Balaban J connectivity index is 2.50. The van der Waals surface area contributed by atoms with Crippen molar-refractivity contribution in [3.63, 3.8) is 0 Å². The summed E-state index contributed by atoms with van der Waals surface area (Å²) < 4.78 is 11.6. The van der Waals surface area contributed by atoms with E-state index in [1.807, 2.05) is 12.1 Å². The highest BCUT2D eigenvalue weighted by atomic mass is 79.9. The largest absolute Gasteiger partial charge is 0.495 e. The van der Waals surface area contributed by atoms with Crippen molar-refractivity contribution < 1.29 is 9.47 Å². The van der Waals surface area contributed by atoms with Crippen LogP contribution in [0.15, 0.2) is 34.8 Å². The molecule has 3 nitrogen and oxygen atoms in total. The number of ether oxygens (including phenoxy) is 2. The highest BCUT2D eigenvalue weighted by Gasteiger charge is 2.19. The van der Waals surface area contributed by atoms with Crippen LogP contribution in [0.25, 0.3) is 0 Å². The van der Waals surface area contributed by atoms with Crippen LogP contribution >= 0.6 is 15.9 Å². The third-order valence-corrected chi connectivity index (χ3v) is 4.49. The molecule has 2 aromatic carbocycles. The van der Waals surface area contributed by atoms with Gasteiger partial charge in [-0.25, -0.2) is 0 Å². The average molecular weight is 350 g/mol. The van der Waals surface area contributed by atoms with Crippen molar-refractivity contribution in [1.82, 2.24) is 0 Å². The van der Waals surface area contributed by atoms with Gasteiger partial charge in [0.25, 0.3) is 0 Å². The molecule has 0 amide bonds. The molecule has 4 heteroatoms. The molecule has 0 saturated carbocycles. The van der Waals surface area contributed by atoms with Crippen LogP contribution < -0.4 is 15.2 Å². The molecule has 2 N–H and O–H groups in total. The second kappa shape index (κ2) is 6.50. The smallest absolute Gasteiger partial charge is 0.141 e. The minimum Gasteiger partial charge on any atom is -0.495 e. The van der Waals surface area contributed by atoms with Crippen LogP contribution in [0.5, 0.6) is 11.5 Å². The van der Waals surface area contributed by atoms with Crippen LogP contribution in [0, 0.1) is 13.8 Å². The Morgan fingerprint density at radius 3 is 2.29 bits per heavy atom. The Hall–Kier alpha value is -1.52. The maximum atomic E-state index is 6.43. The summed E-state index contributed by atoms with van der Waals surface area (Å²) in [7, 11) is 3.26. The quantitative estimate of drug-likeness (QED) is 0.902. The zero-order valence-electron chi connectivity index (χ0n) is 12.7. The molecule has 2 aromatic rings. The van der Waals surface area contributed by atoms with Crippen molar-refractivity contribution in [2.75, 3.05) is 14.2 Å². The van der Waals surface area contributed by atoms with Gasteiger partial charge in [0.1, 0.15) is 16.0 Å². The maximum Gasteiger partial charge on any atom is 0.141 e. The fraction of sp³-hybridized carbons (Fsp3) is 0.294. The standard InChI is InChI=1S/C17H20BrNO2/c1-10-5-6-12(9-11(10)2)16(19)13-7-8-14(20-3)15(18)17(13)21-4/h5-9,16H,19H2,1-4H3. The van der Waals surface area contributed by atoms with Gasteiger partial charge in [-0.3, -0.25) is 0 Å². The first-order valence-corrected chi connectivity index (χ1v) is 7.52. The van der Waals surface area contributed by atoms with Gasteiger partial charge in [-0.1, -0.05) is 18.2 Å². The van der Waals surface area contributed by atoms with Crippen molar-refractivity contribution in [2.24, 2.45) is 5.73 Å². The van der Waals surface area contributed by atoms with Crippen molar-refractivity contribution >= 4 is 15.9 Å². The molecule has 21 heavy (non-hydrogen) atoms. The summed E-state index contributed by atoms with van der Waals surface area (Å²) in [5.74, 6) is 1.43. The second-order valence-electron chi connectivity index (χ2n) is 5.03. The van der Waals surface area contributed by atoms with Gasteiger partial charge in [-0.2, -0.15) is 0 Å². The SMILES string of the molecule is COc1ccc(C(N)c2ccc(C)c(C)c2)c(OC)c1Br. The third kappa shape index (κ3) is 3.06. The lowest BCUT2D eigenvalue weighted by Crippen LogP contribution is -2.14. The summed E-state index contributed by atoms with van der Waals surface area (Å²) in [6.45, 7) is 4.18. The topological polar surface area (TPSA) is 44.5 Å². The zero-order valence-corrected chi connectivity index (χ0v) is 14.3. The van der Waals surface area contributed by atoms with Crippen LogP contribution in [0.4, 0.5) is 0 Å². The number of benzene rings is 2. The van der Waals surface area contributed by atoms with Crippen LogP contribution in [0.2, 0.25) is 0 Å². The fourth-order valence-corrected chi connectivity index (χ4v) is 2.99. The van der Waals surface area contributed by atoms with E-state index in [-0.39, 0.29) is 6.04 Å². The van der Waals surface area contributed by atoms with E-state index in [1.165, 1.54) is 11.1 Å². The summed E-state index contributed by atoms with van der Waals surface area (Å²) >= 11 is 3.51. The van der Waals surface area contributed by atoms with Crippen molar-refractivity contribution in [1.29, 1.82) is 0 Å². The van der Waals surface area contributed by atoms with Gasteiger partial charge in [-0.15, -0.1) is 0 Å². The molecule has 0 aliphatic carbocycles. The van der Waals surface area contributed by atoms with E-state index in [0.717, 1.165) is 21.3 Å². The molecule has 0 aliphatic heterocycles. The predicted octanol–water partition coefficient (Wildman–Crippen LogP) is 4.13. The minimum absolute atomic E-state index is 0.249. The molecular formula is C17H20BrNO2. The normalized spacial score (nSPS) is 12.1. The number of hydrogen-bond acceptors (Lipinski definition) is 3. The second-order valence-corrected chi connectivity index (χ2v) is 5.82. The fourth-order valence-electron chi connectivity index (χ4n) is 2.30. The number of methoxy groups -OCH3 is 2. The van der Waals surface area contributed by atoms with E-state index >= 15 is 0 Å². The summed E-state index contributed by atoms with van der Waals surface area (Å²) in [6.07, 6.45) is 0. The summed E-state index contributed by atoms with van der Waals surface area (Å²) in [5.41, 5.74) is 10.9. The lowest BCUT2D eigenvalue weighted by Gasteiger charge is -2.19. The molecule has 2 rings (SSSR count). The van der Waals surface area contributed by atoms with Gasteiger partial charge < -0.3 is 15.2 Å². The van der Waals surface area contributed by atoms with Crippen LogP contribution in [-0.2, 0) is 0 Å². The molecule has 1 atom stereocenters. The number of nitrogens with two attached hydrogens (primary N) is 1. The van der Waals surface area contributed by atoms with E-state index in [9.17, 15) is 0 Å². The Kier molecular flexibility index (Phi) is 4.91. The minimum atomic E-state index is -0.249.